The molecule has 4 heteroatoms. The summed E-state index contributed by atoms with van der Waals surface area (Å²) in [5, 5.41) is 0.997. The number of nitrogens with two attached hydrogens (primary N) is 1. The van der Waals surface area contributed by atoms with Gasteiger partial charge in [-0.1, -0.05) is 12.1 Å². The van der Waals surface area contributed by atoms with Gasteiger partial charge in [-0.05, 0) is 24.6 Å². The molecule has 1 aliphatic carbocycles. The Kier molecular flexibility index (Phi) is 2.26. The van der Waals surface area contributed by atoms with Crippen LogP contribution in [-0.2, 0) is 12.8 Å². The van der Waals surface area contributed by atoms with Gasteiger partial charge in [-0.2, -0.15) is 0 Å². The lowest BCUT2D eigenvalue weighted by Crippen LogP contribution is -1.98. The number of furan rings is 1. The molecule has 0 aliphatic heterocycles. The van der Waals surface area contributed by atoms with E-state index in [0.29, 0.717) is 0 Å². The first kappa shape index (κ1) is 10.8. The Bertz CT molecular complexity index is 757. The average Bonchev–Trinajstić information content (AvgIpc) is 3.04. The zero-order chi connectivity index (χ0) is 12.8. The second-order valence-corrected chi connectivity index (χ2v) is 5.72. The van der Waals surface area contributed by atoms with Crippen molar-refractivity contribution >= 4 is 17.0 Å². The van der Waals surface area contributed by atoms with Crippen molar-refractivity contribution in [2.75, 3.05) is 5.73 Å². The van der Waals surface area contributed by atoms with E-state index in [0.717, 1.165) is 46.1 Å². The molecule has 3 aromatic rings. The second-order valence-electron chi connectivity index (χ2n) is 4.64. The third-order valence-corrected chi connectivity index (χ3v) is 4.62. The maximum atomic E-state index is 6.03. The largest absolute Gasteiger partial charge is 0.469 e. The molecule has 0 unspecified atom stereocenters. The Labute approximate surface area is 114 Å². The maximum Gasteiger partial charge on any atom is 0.126 e. The highest BCUT2D eigenvalue weighted by Gasteiger charge is 2.23. The molecule has 0 spiro atoms. The second kappa shape index (κ2) is 3.96. The molecule has 2 heterocycles. The smallest absolute Gasteiger partial charge is 0.126 e. The molecule has 0 radical (unpaired) electrons. The van der Waals surface area contributed by atoms with Crippen molar-refractivity contribution in [1.29, 1.82) is 0 Å². The molecule has 0 fully saturated rings. The number of hydrogen-bond donors (Lipinski definition) is 1. The monoisotopic (exact) mass is 268 g/mol. The van der Waals surface area contributed by atoms with E-state index in [1.807, 2.05) is 30.3 Å². The quantitative estimate of drug-likeness (QED) is 0.684. The Morgan fingerprint density at radius 3 is 2.89 bits per heavy atom. The van der Waals surface area contributed by atoms with Crippen molar-refractivity contribution in [3.63, 3.8) is 0 Å². The fourth-order valence-electron chi connectivity index (χ4n) is 2.51. The summed E-state index contributed by atoms with van der Waals surface area (Å²) in [5.41, 5.74) is 10.0. The first-order valence-electron chi connectivity index (χ1n) is 6.24. The topological polar surface area (TPSA) is 52.0 Å². The first-order chi connectivity index (χ1) is 9.33. The van der Waals surface area contributed by atoms with Crippen molar-refractivity contribution in [3.05, 3.63) is 47.2 Å². The fraction of sp³-hybridized carbons (Fsp3) is 0.133. The fourth-order valence-corrected chi connectivity index (χ4v) is 3.63. The lowest BCUT2D eigenvalue weighted by Gasteiger charge is -2.07. The molecule has 0 saturated heterocycles. The predicted molar refractivity (Wildman–Crippen MR) is 77.1 cm³/mol. The van der Waals surface area contributed by atoms with E-state index in [2.05, 4.69) is 0 Å². The molecule has 0 bridgehead atoms. The highest BCUT2D eigenvalue weighted by Crippen LogP contribution is 2.40. The van der Waals surface area contributed by atoms with E-state index in [-0.39, 0.29) is 0 Å². The van der Waals surface area contributed by atoms with Crippen LogP contribution in [0, 0.1) is 0 Å². The van der Waals surface area contributed by atoms with Gasteiger partial charge in [-0.15, -0.1) is 11.3 Å². The lowest BCUT2D eigenvalue weighted by molar-refractivity contribution is 0.508. The summed E-state index contributed by atoms with van der Waals surface area (Å²) in [5.74, 6) is 1.05. The van der Waals surface area contributed by atoms with Crippen LogP contribution in [0.2, 0.25) is 0 Å². The summed E-state index contributed by atoms with van der Waals surface area (Å²) in [4.78, 5) is 6.10. The van der Waals surface area contributed by atoms with E-state index in [4.69, 9.17) is 15.1 Å². The van der Waals surface area contributed by atoms with Gasteiger partial charge in [0.1, 0.15) is 10.8 Å². The molecule has 0 amide bonds. The maximum absolute atomic E-state index is 6.03. The number of nitrogens with zero attached hydrogens (tertiary/aromatic N) is 1. The van der Waals surface area contributed by atoms with Gasteiger partial charge in [0.25, 0.3) is 0 Å². The Hall–Kier alpha value is -2.07. The van der Waals surface area contributed by atoms with Crippen LogP contribution < -0.4 is 5.73 Å². The number of aryl methyl sites for hydroxylation is 2. The van der Waals surface area contributed by atoms with Gasteiger partial charge in [-0.3, -0.25) is 0 Å². The van der Waals surface area contributed by atoms with Crippen molar-refractivity contribution < 1.29 is 4.42 Å². The zero-order valence-corrected chi connectivity index (χ0v) is 11.0. The zero-order valence-electron chi connectivity index (χ0n) is 10.2. The highest BCUT2D eigenvalue weighted by molar-refractivity contribution is 7.15. The molecule has 0 atom stereocenters. The van der Waals surface area contributed by atoms with Crippen LogP contribution in [-0.4, -0.2) is 4.98 Å². The third kappa shape index (κ3) is 1.60. The number of thiazole rings is 1. The Morgan fingerprint density at radius 1 is 1.11 bits per heavy atom. The predicted octanol–water partition coefficient (Wildman–Crippen LogP) is 3.75. The molecule has 2 N–H and O–H groups in total. The van der Waals surface area contributed by atoms with E-state index in [9.17, 15) is 0 Å². The number of benzene rings is 1. The van der Waals surface area contributed by atoms with Gasteiger partial charge in [0.2, 0.25) is 0 Å². The molecule has 4 rings (SSSR count). The van der Waals surface area contributed by atoms with E-state index in [1.54, 1.807) is 17.6 Å². The minimum atomic E-state index is 0.779. The number of nitrogen functional groups attached to an aromatic ring is 1. The van der Waals surface area contributed by atoms with Crippen molar-refractivity contribution in [1.82, 2.24) is 4.98 Å². The van der Waals surface area contributed by atoms with Gasteiger partial charge in [-0.25, -0.2) is 4.98 Å². The minimum Gasteiger partial charge on any atom is -0.469 e. The summed E-state index contributed by atoms with van der Waals surface area (Å²) < 4.78 is 5.49. The molecular formula is C15H12N2OS. The number of rotatable bonds is 1. The average molecular weight is 268 g/mol. The summed E-state index contributed by atoms with van der Waals surface area (Å²) in [6.07, 6.45) is 3.71. The van der Waals surface area contributed by atoms with Gasteiger partial charge >= 0.3 is 0 Å². The molecule has 2 aromatic heterocycles. The molecule has 3 nitrogen and oxygen atoms in total. The van der Waals surface area contributed by atoms with Crippen LogP contribution in [0.5, 0.6) is 0 Å². The van der Waals surface area contributed by atoms with Crippen LogP contribution in [0.1, 0.15) is 10.6 Å². The summed E-state index contributed by atoms with van der Waals surface area (Å²) in [6, 6.07) is 9.88. The molecule has 1 aromatic carbocycles. The first-order valence-corrected chi connectivity index (χ1v) is 7.06. The van der Waals surface area contributed by atoms with E-state index in [1.165, 1.54) is 4.88 Å². The molecule has 94 valence electrons. The normalized spacial score (nSPS) is 13.1. The molecule has 19 heavy (non-hydrogen) atoms. The van der Waals surface area contributed by atoms with Gasteiger partial charge in [0.15, 0.2) is 0 Å². The summed E-state index contributed by atoms with van der Waals surface area (Å²) in [6.45, 7) is 0. The van der Waals surface area contributed by atoms with Crippen LogP contribution >= 0.6 is 11.3 Å². The Balaban J connectivity index is 1.89. The van der Waals surface area contributed by atoms with Gasteiger partial charge in [0.05, 0.1) is 12.0 Å². The standard InChI is InChI=1S/C15H12N2OS/c16-11-4-2-1-3-9(11)15-17-14-10-7-8-18-12(10)5-6-13(14)19-15/h1-4,7-8H,5-6,16H2. The third-order valence-electron chi connectivity index (χ3n) is 3.47. The van der Waals surface area contributed by atoms with Crippen LogP contribution in [0.15, 0.2) is 41.0 Å². The van der Waals surface area contributed by atoms with Crippen molar-refractivity contribution in [2.24, 2.45) is 0 Å². The Morgan fingerprint density at radius 2 is 2.00 bits per heavy atom. The number of para-hydroxylation sites is 1. The number of anilines is 1. The SMILES string of the molecule is Nc1ccccc1-c1nc2c(s1)CCc1occc1-2. The molecule has 1 aliphatic rings. The number of fused-ring (bicyclic) bond motifs is 3. The van der Waals surface area contributed by atoms with Crippen LogP contribution in [0.25, 0.3) is 21.8 Å². The highest BCUT2D eigenvalue weighted by atomic mass is 32.1. The lowest BCUT2D eigenvalue weighted by atomic mass is 10.0. The molecular weight excluding hydrogens is 256 g/mol. The van der Waals surface area contributed by atoms with Crippen LogP contribution in [0.3, 0.4) is 0 Å². The summed E-state index contributed by atoms with van der Waals surface area (Å²) in [7, 11) is 0. The number of aromatic nitrogens is 1. The minimum absolute atomic E-state index is 0.779. The van der Waals surface area contributed by atoms with Gasteiger partial charge in [0, 0.05) is 28.1 Å². The molecule has 0 saturated carbocycles. The van der Waals surface area contributed by atoms with Crippen molar-refractivity contribution in [3.8, 4) is 21.8 Å². The van der Waals surface area contributed by atoms with Gasteiger partial charge < -0.3 is 10.2 Å². The summed E-state index contributed by atoms with van der Waals surface area (Å²) >= 11 is 1.74. The number of hydrogen-bond acceptors (Lipinski definition) is 4. The van der Waals surface area contributed by atoms with Crippen LogP contribution in [0.4, 0.5) is 5.69 Å². The van der Waals surface area contributed by atoms with E-state index >= 15 is 0 Å². The van der Waals surface area contributed by atoms with Crippen molar-refractivity contribution in [2.45, 2.75) is 12.8 Å². The van der Waals surface area contributed by atoms with E-state index < -0.39 is 0 Å².